The van der Waals surface area contributed by atoms with Gasteiger partial charge in [0.15, 0.2) is 20.2 Å². The van der Waals surface area contributed by atoms with Crippen molar-refractivity contribution in [1.82, 2.24) is 4.48 Å². The van der Waals surface area contributed by atoms with Crippen molar-refractivity contribution in [3.8, 4) is 23.0 Å². The molecule has 8 nitrogen and oxygen atoms in total. The van der Waals surface area contributed by atoms with Crippen LogP contribution in [0.2, 0.25) is 0 Å². The first-order valence-corrected chi connectivity index (χ1v) is 14.8. The first-order valence-electron chi connectivity index (χ1n) is 14.8. The number of para-hydroxylation sites is 1. The molecule has 0 aliphatic carbocycles. The van der Waals surface area contributed by atoms with Crippen LogP contribution in [0.15, 0.2) is 127 Å². The van der Waals surface area contributed by atoms with Crippen molar-refractivity contribution in [3.05, 3.63) is 150 Å². The van der Waals surface area contributed by atoms with Gasteiger partial charge in [0, 0.05) is 33.2 Å². The Balaban J connectivity index is 0.000000254. The Kier molecular flexibility index (Phi) is 12.2. The summed E-state index contributed by atoms with van der Waals surface area (Å²) >= 11 is 0. The Morgan fingerprint density at radius 3 is 1.09 bits per heavy atom. The molecule has 1 unspecified atom stereocenters. The van der Waals surface area contributed by atoms with Crippen molar-refractivity contribution in [2.75, 3.05) is 41.5 Å². The number of ether oxygens (including phenoxy) is 3. The van der Waals surface area contributed by atoms with Crippen molar-refractivity contribution in [3.63, 3.8) is 0 Å². The molecular weight excluding hydrogens is 582 g/mol. The molecule has 0 saturated carbocycles. The third kappa shape index (κ3) is 8.65. The fraction of sp³-hybridized carbons (Fsp3) is 0.211. The third-order valence-corrected chi connectivity index (χ3v) is 7.76. The van der Waals surface area contributed by atoms with E-state index in [0.29, 0.717) is 24.7 Å². The number of hydrogen-bond acceptors (Lipinski definition) is 7. The summed E-state index contributed by atoms with van der Waals surface area (Å²) in [6, 6.07) is 38.0. The van der Waals surface area contributed by atoms with E-state index in [1.165, 1.54) is 0 Å². The number of nitrogens with zero attached hydrogens (tertiary/aromatic N) is 1. The van der Waals surface area contributed by atoms with E-state index in [2.05, 4.69) is 12.1 Å². The second-order valence-electron chi connectivity index (χ2n) is 11.0. The zero-order valence-corrected chi connectivity index (χ0v) is 26.3. The molecule has 0 radical (unpaired) electrons. The first-order chi connectivity index (χ1) is 22.3. The second kappa shape index (κ2) is 16.5. The predicted molar refractivity (Wildman–Crippen MR) is 178 cm³/mol. The van der Waals surface area contributed by atoms with Crippen molar-refractivity contribution >= 4 is 5.69 Å². The lowest BCUT2D eigenvalue weighted by Crippen LogP contribution is -2.53. The normalized spacial score (nSPS) is 11.9. The minimum Gasteiger partial charge on any atom is -0.872 e. The number of quaternary nitrogens is 1. The summed E-state index contributed by atoms with van der Waals surface area (Å²) in [5, 5.41) is 41.1. The topological polar surface area (TPSA) is 111 Å². The summed E-state index contributed by atoms with van der Waals surface area (Å²) < 4.78 is 16.3. The van der Waals surface area contributed by atoms with Crippen LogP contribution in [0.1, 0.15) is 34.1 Å². The summed E-state index contributed by atoms with van der Waals surface area (Å²) in [6.45, 7) is 1.56. The SMILES string of the molecule is COC[N+](COC)(COC)c1ccccc1.[O-]c1ccc(C(c2ccc(O)cc2)C(c2ccc(O)cc2)c2ccc(O)cc2)cc1. The number of methoxy groups -OCH3 is 3. The highest BCUT2D eigenvalue weighted by Crippen LogP contribution is 2.44. The van der Waals surface area contributed by atoms with Crippen molar-refractivity contribution in [1.29, 1.82) is 0 Å². The zero-order valence-electron chi connectivity index (χ0n) is 26.3. The smallest absolute Gasteiger partial charge is 0.191 e. The van der Waals surface area contributed by atoms with Crippen molar-refractivity contribution in [2.45, 2.75) is 11.8 Å². The van der Waals surface area contributed by atoms with Crippen molar-refractivity contribution < 1.29 is 34.6 Å². The summed E-state index contributed by atoms with van der Waals surface area (Å²) in [7, 11) is 5.05. The molecule has 0 aliphatic rings. The molecule has 0 spiro atoms. The van der Waals surface area contributed by atoms with E-state index >= 15 is 0 Å². The fourth-order valence-corrected chi connectivity index (χ4v) is 5.70. The first kappa shape index (κ1) is 34.0. The highest BCUT2D eigenvalue weighted by Gasteiger charge is 2.30. The van der Waals surface area contributed by atoms with E-state index in [1.807, 2.05) is 66.7 Å². The van der Waals surface area contributed by atoms with Crippen LogP contribution in [-0.2, 0) is 14.2 Å². The van der Waals surface area contributed by atoms with Gasteiger partial charge in [-0.05, 0) is 70.8 Å². The largest absolute Gasteiger partial charge is 0.872 e. The molecule has 240 valence electrons. The minimum atomic E-state index is -0.166. The minimum absolute atomic E-state index is 0.0611. The van der Waals surface area contributed by atoms with Crippen LogP contribution in [-0.4, -0.2) is 56.8 Å². The van der Waals surface area contributed by atoms with Crippen LogP contribution < -0.4 is 9.59 Å². The van der Waals surface area contributed by atoms with Crippen LogP contribution in [0.3, 0.4) is 0 Å². The third-order valence-electron chi connectivity index (χ3n) is 7.76. The van der Waals surface area contributed by atoms with E-state index in [0.717, 1.165) is 27.9 Å². The Morgan fingerprint density at radius 2 is 0.783 bits per heavy atom. The van der Waals surface area contributed by atoms with Gasteiger partial charge < -0.3 is 34.6 Å². The molecule has 0 heterocycles. The van der Waals surface area contributed by atoms with E-state index in [4.69, 9.17) is 14.2 Å². The molecule has 5 aromatic carbocycles. The standard InChI is InChI=1S/C26H22O4.C12H20NO3/c27-21-9-1-17(2-10-21)25(18-3-11-22(28)12-4-18)26(19-5-13-23(29)14-6-19)20-7-15-24(30)16-8-20;1-14-9-13(10-15-2,11-16-3)12-7-5-4-6-8-12/h1-16,25-30H;4-8H,9-11H2,1-3H3/q;+1/p-1. The van der Waals surface area contributed by atoms with Gasteiger partial charge in [-0.25, -0.2) is 4.48 Å². The lowest BCUT2D eigenvalue weighted by molar-refractivity contribution is -0.268. The maximum Gasteiger partial charge on any atom is 0.191 e. The number of phenols is 3. The lowest BCUT2D eigenvalue weighted by Gasteiger charge is -2.35. The monoisotopic (exact) mass is 623 g/mol. The molecule has 0 fully saturated rings. The van der Waals surface area contributed by atoms with Crippen LogP contribution in [0, 0.1) is 0 Å². The van der Waals surface area contributed by atoms with Gasteiger partial charge in [0.05, 0.1) is 0 Å². The van der Waals surface area contributed by atoms with E-state index < -0.39 is 0 Å². The Hall–Kier alpha value is -4.86. The molecule has 0 bridgehead atoms. The average molecular weight is 624 g/mol. The quantitative estimate of drug-likeness (QED) is 0.105. The van der Waals surface area contributed by atoms with E-state index in [9.17, 15) is 20.4 Å². The average Bonchev–Trinajstić information content (AvgIpc) is 3.07. The van der Waals surface area contributed by atoms with Gasteiger partial charge in [0.2, 0.25) is 0 Å². The van der Waals surface area contributed by atoms with Gasteiger partial charge >= 0.3 is 0 Å². The van der Waals surface area contributed by atoms with Crippen LogP contribution in [0.5, 0.6) is 23.0 Å². The van der Waals surface area contributed by atoms with Crippen LogP contribution >= 0.6 is 0 Å². The molecule has 0 aromatic heterocycles. The number of aromatic hydroxyl groups is 3. The number of hydrogen-bond donors (Lipinski definition) is 3. The molecule has 1 atom stereocenters. The molecular formula is C38H41NO7. The van der Waals surface area contributed by atoms with Gasteiger partial charge in [0.25, 0.3) is 0 Å². The maximum atomic E-state index is 11.7. The molecule has 0 saturated heterocycles. The Morgan fingerprint density at radius 1 is 0.478 bits per heavy atom. The fourth-order valence-electron chi connectivity index (χ4n) is 5.70. The molecule has 5 rings (SSSR count). The Bertz CT molecular complexity index is 1390. The predicted octanol–water partition coefficient (Wildman–Crippen LogP) is 6.65. The van der Waals surface area contributed by atoms with Crippen LogP contribution in [0.25, 0.3) is 0 Å². The summed E-state index contributed by atoms with van der Waals surface area (Å²) in [6.07, 6.45) is 0. The van der Waals surface area contributed by atoms with Gasteiger partial charge in [-0.15, -0.1) is 5.75 Å². The van der Waals surface area contributed by atoms with Gasteiger partial charge in [0.1, 0.15) is 22.9 Å². The highest BCUT2D eigenvalue weighted by molar-refractivity contribution is 5.48. The van der Waals surface area contributed by atoms with E-state index in [-0.39, 0.29) is 34.8 Å². The number of benzene rings is 5. The molecule has 8 heteroatoms. The van der Waals surface area contributed by atoms with Crippen LogP contribution in [0.4, 0.5) is 5.69 Å². The molecule has 0 amide bonds. The maximum absolute atomic E-state index is 11.7. The molecule has 46 heavy (non-hydrogen) atoms. The van der Waals surface area contributed by atoms with Gasteiger partial charge in [-0.2, -0.15) is 0 Å². The second-order valence-corrected chi connectivity index (χ2v) is 11.0. The van der Waals surface area contributed by atoms with E-state index in [1.54, 1.807) is 69.9 Å². The Labute approximate surface area is 270 Å². The highest BCUT2D eigenvalue weighted by atomic mass is 16.5. The summed E-state index contributed by atoms with van der Waals surface area (Å²) in [5.41, 5.74) is 4.99. The zero-order chi connectivity index (χ0) is 32.9. The van der Waals surface area contributed by atoms with Gasteiger partial charge in [-0.3, -0.25) is 0 Å². The number of rotatable bonds is 12. The summed E-state index contributed by atoms with van der Waals surface area (Å²) in [4.78, 5) is 0. The molecule has 5 aromatic rings. The van der Waals surface area contributed by atoms with Gasteiger partial charge in [-0.1, -0.05) is 78.9 Å². The van der Waals surface area contributed by atoms with Crippen molar-refractivity contribution in [2.24, 2.45) is 0 Å². The summed E-state index contributed by atoms with van der Waals surface area (Å²) in [5.74, 6) is 0.154. The lowest BCUT2D eigenvalue weighted by atomic mass is 9.73. The molecule has 0 aliphatic heterocycles. The molecule has 3 N–H and O–H groups in total. The number of phenolic OH excluding ortho intramolecular Hbond substituents is 3.